The zero-order valence-corrected chi connectivity index (χ0v) is 11.1. The fourth-order valence-corrected chi connectivity index (χ4v) is 1.89. The van der Waals surface area contributed by atoms with Gasteiger partial charge in [-0.2, -0.15) is 0 Å². The number of benzene rings is 2. The third kappa shape index (κ3) is 4.25. The second-order valence-corrected chi connectivity index (χ2v) is 4.54. The molecule has 0 aromatic heterocycles. The van der Waals surface area contributed by atoms with Crippen molar-refractivity contribution in [1.82, 2.24) is 0 Å². The number of hydrogen-bond acceptors (Lipinski definition) is 2. The van der Waals surface area contributed by atoms with Crippen LogP contribution in [0.1, 0.15) is 19.8 Å². The van der Waals surface area contributed by atoms with Crippen LogP contribution in [-0.2, 0) is 4.79 Å². The maximum atomic E-state index is 10.8. The van der Waals surface area contributed by atoms with Crippen molar-refractivity contribution < 1.29 is 9.53 Å². The van der Waals surface area contributed by atoms with Crippen LogP contribution in [0.4, 0.5) is 0 Å². The Morgan fingerprint density at radius 1 is 0.947 bits per heavy atom. The molecule has 0 amide bonds. The molecule has 0 heterocycles. The topological polar surface area (TPSA) is 26.3 Å². The summed E-state index contributed by atoms with van der Waals surface area (Å²) in [5.74, 6) is 1.06. The van der Waals surface area contributed by atoms with Crippen molar-refractivity contribution in [2.75, 3.05) is 6.61 Å². The van der Waals surface area contributed by atoms with E-state index in [1.165, 1.54) is 11.1 Å². The molecule has 0 bridgehead atoms. The Bertz CT molecular complexity index is 515. The minimum Gasteiger partial charge on any atom is -0.494 e. The van der Waals surface area contributed by atoms with Gasteiger partial charge < -0.3 is 9.53 Å². The van der Waals surface area contributed by atoms with E-state index in [2.05, 4.69) is 24.3 Å². The lowest BCUT2D eigenvalue weighted by molar-refractivity contribution is -0.117. The van der Waals surface area contributed by atoms with Crippen molar-refractivity contribution >= 4 is 5.78 Å². The van der Waals surface area contributed by atoms with Gasteiger partial charge in [0, 0.05) is 6.42 Å². The number of Topliss-reactive ketones (excluding diaryl/α,β-unsaturated/α-hetero) is 1. The highest BCUT2D eigenvalue weighted by molar-refractivity contribution is 5.75. The number of carbonyl (C=O) groups excluding carboxylic acids is 1. The van der Waals surface area contributed by atoms with E-state index in [0.717, 1.165) is 12.2 Å². The Kier molecular flexibility index (Phi) is 4.73. The second-order valence-electron chi connectivity index (χ2n) is 4.54. The molecule has 0 atom stereocenters. The molecule has 0 fully saturated rings. The molecule has 0 aliphatic heterocycles. The lowest BCUT2D eigenvalue weighted by Gasteiger charge is -2.07. The molecule has 0 aliphatic carbocycles. The number of carbonyl (C=O) groups is 1. The first-order chi connectivity index (χ1) is 9.25. The average Bonchev–Trinajstić information content (AvgIpc) is 2.45. The average molecular weight is 254 g/mol. The normalized spacial score (nSPS) is 10.2. The lowest BCUT2D eigenvalue weighted by atomic mass is 10.1. The fraction of sp³-hybridized carbons (Fsp3) is 0.235. The summed E-state index contributed by atoms with van der Waals surface area (Å²) in [4.78, 5) is 10.8. The van der Waals surface area contributed by atoms with E-state index in [9.17, 15) is 4.79 Å². The molecular weight excluding hydrogens is 236 g/mol. The first-order valence-corrected chi connectivity index (χ1v) is 6.53. The van der Waals surface area contributed by atoms with Crippen molar-refractivity contribution in [2.24, 2.45) is 0 Å². The molecule has 0 saturated heterocycles. The highest BCUT2D eigenvalue weighted by atomic mass is 16.5. The SMILES string of the molecule is CC(=O)CCCOc1ccc(-c2ccccc2)cc1. The van der Waals surface area contributed by atoms with Crippen molar-refractivity contribution in [3.8, 4) is 16.9 Å². The molecule has 0 spiro atoms. The van der Waals surface area contributed by atoms with Crippen molar-refractivity contribution in [3.63, 3.8) is 0 Å². The molecule has 0 aliphatic rings. The molecule has 2 aromatic carbocycles. The van der Waals surface area contributed by atoms with Crippen LogP contribution in [0.15, 0.2) is 54.6 Å². The molecule has 2 nitrogen and oxygen atoms in total. The fourth-order valence-electron chi connectivity index (χ4n) is 1.89. The molecule has 0 N–H and O–H groups in total. The summed E-state index contributed by atoms with van der Waals surface area (Å²) < 4.78 is 5.60. The first kappa shape index (κ1) is 13.3. The summed E-state index contributed by atoms with van der Waals surface area (Å²) in [6.07, 6.45) is 1.36. The number of ether oxygens (including phenoxy) is 1. The Morgan fingerprint density at radius 2 is 1.58 bits per heavy atom. The molecule has 0 unspecified atom stereocenters. The molecule has 0 radical (unpaired) electrons. The zero-order valence-electron chi connectivity index (χ0n) is 11.1. The van der Waals surface area contributed by atoms with Gasteiger partial charge in [0.2, 0.25) is 0 Å². The minimum atomic E-state index is 0.211. The molecule has 98 valence electrons. The highest BCUT2D eigenvalue weighted by Crippen LogP contribution is 2.22. The quantitative estimate of drug-likeness (QED) is 0.725. The van der Waals surface area contributed by atoms with E-state index in [1.54, 1.807) is 6.92 Å². The predicted molar refractivity (Wildman–Crippen MR) is 77.3 cm³/mol. The molecule has 2 aromatic rings. The Morgan fingerprint density at radius 3 is 2.21 bits per heavy atom. The van der Waals surface area contributed by atoms with Gasteiger partial charge in [0.05, 0.1) is 6.61 Å². The van der Waals surface area contributed by atoms with Gasteiger partial charge in [-0.1, -0.05) is 42.5 Å². The molecule has 0 saturated carbocycles. The van der Waals surface area contributed by atoms with Gasteiger partial charge in [-0.05, 0) is 36.6 Å². The van der Waals surface area contributed by atoms with Gasteiger partial charge in [0.25, 0.3) is 0 Å². The van der Waals surface area contributed by atoms with E-state index in [0.29, 0.717) is 13.0 Å². The largest absolute Gasteiger partial charge is 0.494 e. The standard InChI is InChI=1S/C17H18O2/c1-14(18)6-5-13-19-17-11-9-16(10-12-17)15-7-3-2-4-8-15/h2-4,7-12H,5-6,13H2,1H3. The summed E-state index contributed by atoms with van der Waals surface area (Å²) in [5.41, 5.74) is 2.38. The molecule has 2 rings (SSSR count). The Balaban J connectivity index is 1.90. The summed E-state index contributed by atoms with van der Waals surface area (Å²) in [6.45, 7) is 2.19. The van der Waals surface area contributed by atoms with Crippen molar-refractivity contribution in [3.05, 3.63) is 54.6 Å². The van der Waals surface area contributed by atoms with E-state index in [-0.39, 0.29) is 5.78 Å². The Labute approximate surface area is 114 Å². The van der Waals surface area contributed by atoms with Crippen LogP contribution in [-0.4, -0.2) is 12.4 Å². The van der Waals surface area contributed by atoms with Crippen molar-refractivity contribution in [1.29, 1.82) is 0 Å². The molecular formula is C17H18O2. The molecule has 19 heavy (non-hydrogen) atoms. The summed E-state index contributed by atoms with van der Waals surface area (Å²) in [7, 11) is 0. The van der Waals surface area contributed by atoms with Gasteiger partial charge >= 0.3 is 0 Å². The zero-order chi connectivity index (χ0) is 13.5. The maximum absolute atomic E-state index is 10.8. The van der Waals surface area contributed by atoms with Crippen LogP contribution in [0.2, 0.25) is 0 Å². The highest BCUT2D eigenvalue weighted by Gasteiger charge is 1.99. The third-order valence-electron chi connectivity index (χ3n) is 2.90. The summed E-state index contributed by atoms with van der Waals surface area (Å²) >= 11 is 0. The summed E-state index contributed by atoms with van der Waals surface area (Å²) in [6, 6.07) is 18.3. The van der Waals surface area contributed by atoms with Gasteiger partial charge in [-0.15, -0.1) is 0 Å². The smallest absolute Gasteiger partial charge is 0.129 e. The monoisotopic (exact) mass is 254 g/mol. The maximum Gasteiger partial charge on any atom is 0.129 e. The lowest BCUT2D eigenvalue weighted by Crippen LogP contribution is -2.00. The number of hydrogen-bond donors (Lipinski definition) is 0. The predicted octanol–water partition coefficient (Wildman–Crippen LogP) is 4.10. The van der Waals surface area contributed by atoms with Gasteiger partial charge in [-0.25, -0.2) is 0 Å². The summed E-state index contributed by atoms with van der Waals surface area (Å²) in [5, 5.41) is 0. The minimum absolute atomic E-state index is 0.211. The van der Waals surface area contributed by atoms with Crippen LogP contribution in [0.5, 0.6) is 5.75 Å². The Hall–Kier alpha value is -2.09. The second kappa shape index (κ2) is 6.74. The van der Waals surface area contributed by atoms with E-state index in [1.807, 2.05) is 30.3 Å². The van der Waals surface area contributed by atoms with E-state index < -0.39 is 0 Å². The van der Waals surface area contributed by atoms with Crippen molar-refractivity contribution in [2.45, 2.75) is 19.8 Å². The third-order valence-corrected chi connectivity index (χ3v) is 2.90. The van der Waals surface area contributed by atoms with Crippen LogP contribution in [0, 0.1) is 0 Å². The molecule has 2 heteroatoms. The van der Waals surface area contributed by atoms with Crippen LogP contribution in [0.25, 0.3) is 11.1 Å². The van der Waals surface area contributed by atoms with Crippen LogP contribution >= 0.6 is 0 Å². The van der Waals surface area contributed by atoms with Gasteiger partial charge in [0.15, 0.2) is 0 Å². The van der Waals surface area contributed by atoms with E-state index in [4.69, 9.17) is 4.74 Å². The van der Waals surface area contributed by atoms with Crippen LogP contribution in [0.3, 0.4) is 0 Å². The first-order valence-electron chi connectivity index (χ1n) is 6.53. The van der Waals surface area contributed by atoms with E-state index >= 15 is 0 Å². The number of rotatable bonds is 6. The van der Waals surface area contributed by atoms with Gasteiger partial charge in [0.1, 0.15) is 11.5 Å². The van der Waals surface area contributed by atoms with Gasteiger partial charge in [-0.3, -0.25) is 0 Å². The number of ketones is 1. The van der Waals surface area contributed by atoms with Crippen LogP contribution < -0.4 is 4.74 Å².